The van der Waals surface area contributed by atoms with E-state index < -0.39 is 0 Å². The third-order valence-electron chi connectivity index (χ3n) is 1.81. The Bertz CT molecular complexity index is 149. The van der Waals surface area contributed by atoms with Crippen LogP contribution in [0.5, 0.6) is 0 Å². The molecule has 0 bridgehead atoms. The molecule has 1 N–H and O–H groups in total. The van der Waals surface area contributed by atoms with Crippen LogP contribution in [0, 0.1) is 5.92 Å². The average molecular weight is 168 g/mol. The van der Waals surface area contributed by atoms with E-state index in [9.17, 15) is 5.11 Å². The van der Waals surface area contributed by atoms with Crippen LogP contribution in [-0.4, -0.2) is 11.2 Å². The van der Waals surface area contributed by atoms with Crippen molar-refractivity contribution in [1.29, 1.82) is 0 Å². The van der Waals surface area contributed by atoms with Crippen LogP contribution in [0.15, 0.2) is 24.8 Å². The summed E-state index contributed by atoms with van der Waals surface area (Å²) in [4.78, 5) is 0. The molecule has 0 unspecified atom stereocenters. The molecule has 0 aliphatic rings. The van der Waals surface area contributed by atoms with Gasteiger partial charge in [-0.05, 0) is 32.1 Å². The molecular weight excluding hydrogens is 148 g/mol. The number of allylic oxidation sites excluding steroid dienone is 1. The summed E-state index contributed by atoms with van der Waals surface area (Å²) in [7, 11) is 0. The second-order valence-electron chi connectivity index (χ2n) is 3.68. The first kappa shape index (κ1) is 11.4. The summed E-state index contributed by atoms with van der Waals surface area (Å²) in [6.07, 6.45) is 4.09. The van der Waals surface area contributed by atoms with Gasteiger partial charge in [0.15, 0.2) is 0 Å². The number of aliphatic hydroxyl groups is 1. The molecule has 0 fully saturated rings. The lowest BCUT2D eigenvalue weighted by atomic mass is 9.95. The molecule has 0 aliphatic heterocycles. The first-order chi connectivity index (χ1) is 5.56. The third kappa shape index (κ3) is 6.17. The van der Waals surface area contributed by atoms with Crippen molar-refractivity contribution in [3.8, 4) is 0 Å². The average Bonchev–Trinajstić information content (AvgIpc) is 1.84. The van der Waals surface area contributed by atoms with Gasteiger partial charge in [-0.25, -0.2) is 0 Å². The molecule has 0 spiro atoms. The van der Waals surface area contributed by atoms with Crippen molar-refractivity contribution in [2.45, 2.75) is 39.2 Å². The van der Waals surface area contributed by atoms with E-state index in [2.05, 4.69) is 20.1 Å². The number of hydrogen-bond acceptors (Lipinski definition) is 1. The molecule has 0 aromatic rings. The topological polar surface area (TPSA) is 20.2 Å². The van der Waals surface area contributed by atoms with E-state index in [-0.39, 0.29) is 6.10 Å². The Hall–Kier alpha value is -0.560. The standard InChI is InChI=1S/C11H20O/c1-5-6-11(12)8-10(4)7-9(2)3/h5,10-12H,1-2,6-8H2,3-4H3/t10-,11-/m0/s1. The molecule has 0 aromatic carbocycles. The second-order valence-corrected chi connectivity index (χ2v) is 3.68. The third-order valence-corrected chi connectivity index (χ3v) is 1.81. The van der Waals surface area contributed by atoms with Gasteiger partial charge in [0.25, 0.3) is 0 Å². The number of aliphatic hydroxyl groups excluding tert-OH is 1. The van der Waals surface area contributed by atoms with Crippen LogP contribution < -0.4 is 0 Å². The molecule has 0 rings (SSSR count). The first-order valence-electron chi connectivity index (χ1n) is 4.49. The van der Waals surface area contributed by atoms with Gasteiger partial charge >= 0.3 is 0 Å². The molecule has 2 atom stereocenters. The van der Waals surface area contributed by atoms with Crippen molar-refractivity contribution in [1.82, 2.24) is 0 Å². The molecule has 1 nitrogen and oxygen atoms in total. The minimum Gasteiger partial charge on any atom is -0.393 e. The van der Waals surface area contributed by atoms with Gasteiger partial charge in [0, 0.05) is 0 Å². The Labute approximate surface area is 75.8 Å². The fourth-order valence-electron chi connectivity index (χ4n) is 1.43. The Kier molecular flexibility index (Phi) is 5.73. The van der Waals surface area contributed by atoms with E-state index in [4.69, 9.17) is 0 Å². The van der Waals surface area contributed by atoms with Gasteiger partial charge in [0.05, 0.1) is 6.10 Å². The van der Waals surface area contributed by atoms with Gasteiger partial charge in [0.1, 0.15) is 0 Å². The summed E-state index contributed by atoms with van der Waals surface area (Å²) in [5, 5.41) is 9.43. The molecule has 1 heteroatoms. The number of hydrogen-bond donors (Lipinski definition) is 1. The van der Waals surface area contributed by atoms with Gasteiger partial charge in [-0.1, -0.05) is 18.6 Å². The fraction of sp³-hybridized carbons (Fsp3) is 0.636. The van der Waals surface area contributed by atoms with Crippen LogP contribution in [0.4, 0.5) is 0 Å². The maximum Gasteiger partial charge on any atom is 0.0577 e. The Morgan fingerprint density at radius 2 is 2.17 bits per heavy atom. The highest BCUT2D eigenvalue weighted by molar-refractivity contribution is 4.90. The van der Waals surface area contributed by atoms with Crippen LogP contribution in [0.1, 0.15) is 33.1 Å². The molecule has 0 radical (unpaired) electrons. The maximum absolute atomic E-state index is 9.43. The summed E-state index contributed by atoms with van der Waals surface area (Å²) in [6.45, 7) is 11.6. The molecular formula is C11H20O. The molecule has 0 aromatic heterocycles. The number of rotatable bonds is 6. The molecule has 0 saturated heterocycles. The minimum absolute atomic E-state index is 0.225. The monoisotopic (exact) mass is 168 g/mol. The fourth-order valence-corrected chi connectivity index (χ4v) is 1.43. The lowest BCUT2D eigenvalue weighted by Gasteiger charge is -2.14. The molecule has 0 saturated carbocycles. The van der Waals surface area contributed by atoms with Gasteiger partial charge < -0.3 is 5.11 Å². The quantitative estimate of drug-likeness (QED) is 0.605. The highest BCUT2D eigenvalue weighted by atomic mass is 16.3. The second kappa shape index (κ2) is 6.01. The van der Waals surface area contributed by atoms with Crippen LogP contribution in [0.2, 0.25) is 0 Å². The SMILES string of the molecule is C=CC[C@H](O)C[C@@H](C)CC(=C)C. The summed E-state index contributed by atoms with van der Waals surface area (Å²) in [5.74, 6) is 0.525. The Balaban J connectivity index is 3.59. The highest BCUT2D eigenvalue weighted by Gasteiger charge is 2.08. The van der Waals surface area contributed by atoms with Crippen LogP contribution >= 0.6 is 0 Å². The highest BCUT2D eigenvalue weighted by Crippen LogP contribution is 2.16. The zero-order chi connectivity index (χ0) is 9.56. The lowest BCUT2D eigenvalue weighted by molar-refractivity contribution is 0.148. The van der Waals surface area contributed by atoms with Crippen LogP contribution in [-0.2, 0) is 0 Å². The predicted octanol–water partition coefficient (Wildman–Crippen LogP) is 2.92. The molecule has 0 heterocycles. The maximum atomic E-state index is 9.43. The van der Waals surface area contributed by atoms with E-state index in [1.165, 1.54) is 5.57 Å². The van der Waals surface area contributed by atoms with Gasteiger partial charge in [-0.2, -0.15) is 0 Å². The van der Waals surface area contributed by atoms with Crippen LogP contribution in [0.25, 0.3) is 0 Å². The van der Waals surface area contributed by atoms with Gasteiger partial charge in [-0.3, -0.25) is 0 Å². The smallest absolute Gasteiger partial charge is 0.0577 e. The predicted molar refractivity (Wildman–Crippen MR) is 54.0 cm³/mol. The Morgan fingerprint density at radius 1 is 1.58 bits per heavy atom. The molecule has 12 heavy (non-hydrogen) atoms. The normalized spacial score (nSPS) is 15.2. The summed E-state index contributed by atoms with van der Waals surface area (Å²) < 4.78 is 0. The van der Waals surface area contributed by atoms with Crippen molar-refractivity contribution >= 4 is 0 Å². The zero-order valence-corrected chi connectivity index (χ0v) is 8.21. The minimum atomic E-state index is -0.225. The largest absolute Gasteiger partial charge is 0.393 e. The van der Waals surface area contributed by atoms with Crippen LogP contribution in [0.3, 0.4) is 0 Å². The van der Waals surface area contributed by atoms with E-state index >= 15 is 0 Å². The van der Waals surface area contributed by atoms with E-state index in [0.717, 1.165) is 12.8 Å². The van der Waals surface area contributed by atoms with E-state index in [1.807, 2.05) is 6.92 Å². The Morgan fingerprint density at radius 3 is 2.58 bits per heavy atom. The van der Waals surface area contributed by atoms with E-state index in [1.54, 1.807) is 6.08 Å². The van der Waals surface area contributed by atoms with Gasteiger partial charge in [0.2, 0.25) is 0 Å². The van der Waals surface area contributed by atoms with Crippen molar-refractivity contribution in [2.24, 2.45) is 5.92 Å². The van der Waals surface area contributed by atoms with Gasteiger partial charge in [-0.15, -0.1) is 13.2 Å². The zero-order valence-electron chi connectivity index (χ0n) is 8.21. The first-order valence-corrected chi connectivity index (χ1v) is 4.49. The van der Waals surface area contributed by atoms with Crippen molar-refractivity contribution in [3.05, 3.63) is 24.8 Å². The molecule has 70 valence electrons. The summed E-state index contributed by atoms with van der Waals surface area (Å²) in [6, 6.07) is 0. The summed E-state index contributed by atoms with van der Waals surface area (Å²) in [5.41, 5.74) is 1.19. The van der Waals surface area contributed by atoms with Crippen molar-refractivity contribution in [2.75, 3.05) is 0 Å². The van der Waals surface area contributed by atoms with E-state index in [0.29, 0.717) is 12.3 Å². The molecule has 0 aliphatic carbocycles. The lowest BCUT2D eigenvalue weighted by Crippen LogP contribution is -2.10. The van der Waals surface area contributed by atoms with Crippen molar-refractivity contribution in [3.63, 3.8) is 0 Å². The van der Waals surface area contributed by atoms with Crippen molar-refractivity contribution < 1.29 is 5.11 Å². The summed E-state index contributed by atoms with van der Waals surface area (Å²) >= 11 is 0. The molecule has 0 amide bonds.